The average Bonchev–Trinajstić information content (AvgIpc) is 2.94. The van der Waals surface area contributed by atoms with Crippen LogP contribution in [0, 0.1) is 5.41 Å². The van der Waals surface area contributed by atoms with Crippen LogP contribution in [0.5, 0.6) is 0 Å². The third-order valence-corrected chi connectivity index (χ3v) is 3.91. The van der Waals surface area contributed by atoms with Crippen LogP contribution in [0.2, 0.25) is 0 Å². The van der Waals surface area contributed by atoms with Gasteiger partial charge in [-0.15, -0.1) is 0 Å². The predicted octanol–water partition coefficient (Wildman–Crippen LogP) is 1.49. The summed E-state index contributed by atoms with van der Waals surface area (Å²) in [7, 11) is 0. The molecule has 104 valence electrons. The molecule has 0 saturated carbocycles. The number of hydrogen-bond acceptors (Lipinski definition) is 3. The van der Waals surface area contributed by atoms with Gasteiger partial charge in [0.1, 0.15) is 5.60 Å². The summed E-state index contributed by atoms with van der Waals surface area (Å²) in [6.45, 7) is 12.4. The van der Waals surface area contributed by atoms with E-state index in [0.717, 1.165) is 26.2 Å². The van der Waals surface area contributed by atoms with E-state index in [-0.39, 0.29) is 17.1 Å². The second-order valence-electron chi connectivity index (χ2n) is 6.83. The maximum atomic E-state index is 11.3. The molecule has 0 aromatic rings. The van der Waals surface area contributed by atoms with Gasteiger partial charge in [0.25, 0.3) is 0 Å². The van der Waals surface area contributed by atoms with Gasteiger partial charge >= 0.3 is 6.09 Å². The van der Waals surface area contributed by atoms with Crippen molar-refractivity contribution >= 4 is 6.09 Å². The summed E-state index contributed by atoms with van der Waals surface area (Å²) in [5.41, 5.74) is -0.0315. The van der Waals surface area contributed by atoms with Crippen molar-refractivity contribution in [3.05, 3.63) is 0 Å². The number of amides is 1. The first-order valence-electron chi connectivity index (χ1n) is 6.57. The van der Waals surface area contributed by atoms with Crippen LogP contribution in [-0.4, -0.2) is 65.4 Å². The fourth-order valence-electron chi connectivity index (χ4n) is 2.64. The van der Waals surface area contributed by atoms with Gasteiger partial charge in [0, 0.05) is 26.2 Å². The zero-order chi connectivity index (χ0) is 13.6. The first-order chi connectivity index (χ1) is 8.21. The lowest BCUT2D eigenvalue weighted by Gasteiger charge is -2.46. The van der Waals surface area contributed by atoms with E-state index in [1.54, 1.807) is 4.90 Å². The maximum Gasteiger partial charge on any atom is 0.407 e. The van der Waals surface area contributed by atoms with Gasteiger partial charge in [-0.25, -0.2) is 4.79 Å². The Bertz CT molecular complexity index is 334. The van der Waals surface area contributed by atoms with Gasteiger partial charge in [0.05, 0.1) is 12.6 Å². The molecule has 1 amide bonds. The van der Waals surface area contributed by atoms with Crippen molar-refractivity contribution in [1.29, 1.82) is 0 Å². The molecule has 2 aliphatic heterocycles. The molecule has 0 aliphatic carbocycles. The second kappa shape index (κ2) is 4.38. The zero-order valence-corrected chi connectivity index (χ0v) is 11.8. The van der Waals surface area contributed by atoms with Crippen LogP contribution >= 0.6 is 0 Å². The lowest BCUT2D eigenvalue weighted by atomic mass is 9.84. The molecule has 2 rings (SSSR count). The third-order valence-electron chi connectivity index (χ3n) is 3.91. The number of rotatable bonds is 2. The number of nitrogens with zero attached hydrogens (tertiary/aromatic N) is 2. The number of ether oxygens (including phenoxy) is 1. The number of carbonyl (C=O) groups is 1. The van der Waals surface area contributed by atoms with E-state index in [2.05, 4.69) is 32.6 Å². The summed E-state index contributed by atoms with van der Waals surface area (Å²) in [5, 5.41) is 9.29. The van der Waals surface area contributed by atoms with Gasteiger partial charge in [-0.3, -0.25) is 4.90 Å². The van der Waals surface area contributed by atoms with Gasteiger partial charge in [-0.2, -0.15) is 0 Å². The molecule has 2 aliphatic rings. The Balaban J connectivity index is 2.03. The standard InChI is InChI=1S/C13H24N2O3/c1-12(2,3)10-7-14(8-13(4)9-18-13)5-6-15(10)11(16)17/h10H,5-9H2,1-4H3,(H,16,17)/t10-,13?/m1/s1. The predicted molar refractivity (Wildman–Crippen MR) is 68.8 cm³/mol. The Labute approximate surface area is 109 Å². The van der Waals surface area contributed by atoms with E-state index in [9.17, 15) is 9.90 Å². The molecule has 2 fully saturated rings. The van der Waals surface area contributed by atoms with E-state index in [1.165, 1.54) is 0 Å². The molecule has 18 heavy (non-hydrogen) atoms. The maximum absolute atomic E-state index is 11.3. The Hall–Kier alpha value is -0.810. The summed E-state index contributed by atoms with van der Waals surface area (Å²) < 4.78 is 5.42. The van der Waals surface area contributed by atoms with Crippen molar-refractivity contribution < 1.29 is 14.6 Å². The van der Waals surface area contributed by atoms with Crippen LogP contribution in [0.25, 0.3) is 0 Å². The molecular weight excluding hydrogens is 232 g/mol. The first-order valence-corrected chi connectivity index (χ1v) is 6.57. The Morgan fingerprint density at radius 2 is 2.06 bits per heavy atom. The first kappa shape index (κ1) is 13.6. The molecule has 0 aromatic carbocycles. The normalized spacial score (nSPS) is 33.6. The number of carboxylic acid groups (broad SMARTS) is 1. The summed E-state index contributed by atoms with van der Waals surface area (Å²) in [5.74, 6) is 0. The van der Waals surface area contributed by atoms with Gasteiger partial charge in [-0.05, 0) is 12.3 Å². The highest BCUT2D eigenvalue weighted by molar-refractivity contribution is 5.65. The third kappa shape index (κ3) is 2.95. The van der Waals surface area contributed by atoms with Crippen molar-refractivity contribution in [2.45, 2.75) is 39.3 Å². The van der Waals surface area contributed by atoms with Crippen molar-refractivity contribution in [2.75, 3.05) is 32.8 Å². The molecule has 1 unspecified atom stereocenters. The largest absolute Gasteiger partial charge is 0.465 e. The van der Waals surface area contributed by atoms with Crippen molar-refractivity contribution in [3.63, 3.8) is 0 Å². The van der Waals surface area contributed by atoms with Crippen LogP contribution in [0.3, 0.4) is 0 Å². The summed E-state index contributed by atoms with van der Waals surface area (Å²) in [6.07, 6.45) is -0.802. The number of hydrogen-bond donors (Lipinski definition) is 1. The Morgan fingerprint density at radius 1 is 1.44 bits per heavy atom. The summed E-state index contributed by atoms with van der Waals surface area (Å²) >= 11 is 0. The molecule has 0 bridgehead atoms. The minimum Gasteiger partial charge on any atom is -0.465 e. The van der Waals surface area contributed by atoms with E-state index in [0.29, 0.717) is 6.54 Å². The average molecular weight is 256 g/mol. The molecule has 5 heteroatoms. The molecule has 2 saturated heterocycles. The van der Waals surface area contributed by atoms with Crippen LogP contribution in [0.15, 0.2) is 0 Å². The van der Waals surface area contributed by atoms with E-state index >= 15 is 0 Å². The fourth-order valence-corrected chi connectivity index (χ4v) is 2.64. The smallest absolute Gasteiger partial charge is 0.407 e. The number of epoxide rings is 1. The van der Waals surface area contributed by atoms with Gasteiger partial charge in [0.15, 0.2) is 0 Å². The molecule has 2 heterocycles. The molecule has 1 N–H and O–H groups in total. The Kier molecular flexibility index (Phi) is 3.32. The van der Waals surface area contributed by atoms with Crippen LogP contribution < -0.4 is 0 Å². The fraction of sp³-hybridized carbons (Fsp3) is 0.923. The molecule has 2 atom stereocenters. The van der Waals surface area contributed by atoms with Crippen LogP contribution in [0.4, 0.5) is 4.79 Å². The quantitative estimate of drug-likeness (QED) is 0.760. The lowest BCUT2D eigenvalue weighted by molar-refractivity contribution is 0.0150. The van der Waals surface area contributed by atoms with Gasteiger partial charge in [-0.1, -0.05) is 20.8 Å². The highest BCUT2D eigenvalue weighted by Gasteiger charge is 2.44. The minimum absolute atomic E-state index is 0.00777. The van der Waals surface area contributed by atoms with Crippen LogP contribution in [-0.2, 0) is 4.74 Å². The molecule has 0 radical (unpaired) electrons. The van der Waals surface area contributed by atoms with Gasteiger partial charge in [0.2, 0.25) is 0 Å². The zero-order valence-electron chi connectivity index (χ0n) is 11.8. The Morgan fingerprint density at radius 3 is 2.50 bits per heavy atom. The van der Waals surface area contributed by atoms with E-state index < -0.39 is 6.09 Å². The lowest BCUT2D eigenvalue weighted by Crippen LogP contribution is -2.60. The summed E-state index contributed by atoms with van der Waals surface area (Å²) in [4.78, 5) is 15.2. The molecule has 5 nitrogen and oxygen atoms in total. The topological polar surface area (TPSA) is 56.3 Å². The highest BCUT2D eigenvalue weighted by atomic mass is 16.6. The van der Waals surface area contributed by atoms with E-state index in [4.69, 9.17) is 4.74 Å². The number of piperazine rings is 1. The van der Waals surface area contributed by atoms with Crippen LogP contribution in [0.1, 0.15) is 27.7 Å². The van der Waals surface area contributed by atoms with Crippen molar-refractivity contribution in [3.8, 4) is 0 Å². The SMILES string of the molecule is CC1(CN2CCN(C(=O)O)[C@@H](C(C)(C)C)C2)CO1. The van der Waals surface area contributed by atoms with Crippen molar-refractivity contribution in [1.82, 2.24) is 9.80 Å². The highest BCUT2D eigenvalue weighted by Crippen LogP contribution is 2.31. The van der Waals surface area contributed by atoms with Crippen molar-refractivity contribution in [2.24, 2.45) is 5.41 Å². The van der Waals surface area contributed by atoms with E-state index in [1.807, 2.05) is 0 Å². The second-order valence-corrected chi connectivity index (χ2v) is 6.83. The summed E-state index contributed by atoms with van der Waals surface area (Å²) in [6, 6.07) is 0.0473. The monoisotopic (exact) mass is 256 g/mol. The van der Waals surface area contributed by atoms with Gasteiger partial charge < -0.3 is 14.7 Å². The molecule has 0 spiro atoms. The molecule has 0 aromatic heterocycles. The minimum atomic E-state index is -0.802. The molecular formula is C13H24N2O3.